The van der Waals surface area contributed by atoms with Gasteiger partial charge in [0.05, 0.1) is 0 Å². The fraction of sp³-hybridized carbons (Fsp3) is 0.571. The van der Waals surface area contributed by atoms with Gasteiger partial charge in [0, 0.05) is 22.7 Å². The summed E-state index contributed by atoms with van der Waals surface area (Å²) in [6.07, 6.45) is 4.13. The molecule has 16 heavy (non-hydrogen) atoms. The molecule has 0 radical (unpaired) electrons. The summed E-state index contributed by atoms with van der Waals surface area (Å²) in [6, 6.07) is 9.80. The Bertz CT molecular complexity index is 348. The van der Waals surface area contributed by atoms with Gasteiger partial charge in [0.2, 0.25) is 0 Å². The lowest BCUT2D eigenvalue weighted by Crippen LogP contribution is -2.32. The summed E-state index contributed by atoms with van der Waals surface area (Å²) in [4.78, 5) is 4.18. The van der Waals surface area contributed by atoms with Crippen LogP contribution in [0.4, 0.5) is 0 Å². The molecule has 0 bridgehead atoms. The second-order valence-corrected chi connectivity index (χ2v) is 6.21. The molecule has 0 N–H and O–H groups in total. The molecule has 0 spiro atoms. The molecule has 0 amide bonds. The van der Waals surface area contributed by atoms with Gasteiger partial charge in [-0.2, -0.15) is 0 Å². The van der Waals surface area contributed by atoms with Crippen molar-refractivity contribution < 1.29 is 0 Å². The van der Waals surface area contributed by atoms with Crippen LogP contribution < -0.4 is 0 Å². The Morgan fingerprint density at radius 3 is 2.81 bits per heavy atom. The first-order chi connectivity index (χ1) is 7.86. The lowest BCUT2D eigenvalue weighted by molar-refractivity contribution is 0.279. The van der Waals surface area contributed by atoms with E-state index >= 15 is 0 Å². The maximum absolute atomic E-state index is 2.67. The summed E-state index contributed by atoms with van der Waals surface area (Å²) in [7, 11) is 0. The van der Waals surface area contributed by atoms with E-state index in [4.69, 9.17) is 0 Å². The molecule has 1 aliphatic heterocycles. The monoisotopic (exact) mass is 233 g/mol. The van der Waals surface area contributed by atoms with E-state index in [1.165, 1.54) is 37.2 Å². The van der Waals surface area contributed by atoms with Crippen LogP contribution in [0.2, 0.25) is 0 Å². The number of thioether (sulfide) groups is 1. The minimum atomic E-state index is 0.790. The van der Waals surface area contributed by atoms with Crippen molar-refractivity contribution in [2.24, 2.45) is 0 Å². The van der Waals surface area contributed by atoms with Crippen LogP contribution in [0.1, 0.15) is 25.3 Å². The van der Waals surface area contributed by atoms with Crippen LogP contribution in [0.3, 0.4) is 0 Å². The van der Waals surface area contributed by atoms with Crippen molar-refractivity contribution in [2.75, 3.05) is 13.1 Å². The van der Waals surface area contributed by atoms with Gasteiger partial charge in [-0.25, -0.2) is 0 Å². The van der Waals surface area contributed by atoms with Gasteiger partial charge in [0.15, 0.2) is 0 Å². The lowest BCUT2D eigenvalue weighted by Gasteiger charge is -2.23. The smallest absolute Gasteiger partial charge is 0.0263 e. The van der Waals surface area contributed by atoms with E-state index in [1.54, 1.807) is 5.56 Å². The summed E-state index contributed by atoms with van der Waals surface area (Å²) in [6.45, 7) is 4.80. The van der Waals surface area contributed by atoms with Gasteiger partial charge < -0.3 is 0 Å². The molecular weight excluding hydrogens is 214 g/mol. The van der Waals surface area contributed by atoms with E-state index < -0.39 is 0 Å². The Balaban J connectivity index is 1.62. The third-order valence-corrected chi connectivity index (χ3v) is 4.92. The molecule has 1 nitrogen and oxygen atoms in total. The Hall–Kier alpha value is -0.470. The Morgan fingerprint density at radius 2 is 2.12 bits per heavy atom. The average Bonchev–Trinajstić information content (AvgIpc) is 3.06. The summed E-state index contributed by atoms with van der Waals surface area (Å²) < 4.78 is 0. The van der Waals surface area contributed by atoms with Crippen molar-refractivity contribution in [1.29, 1.82) is 0 Å². The van der Waals surface area contributed by atoms with Crippen molar-refractivity contribution >= 4 is 11.8 Å². The van der Waals surface area contributed by atoms with Gasteiger partial charge in [-0.05, 0) is 37.4 Å². The van der Waals surface area contributed by atoms with Crippen LogP contribution in [-0.2, 0) is 6.42 Å². The Kier molecular flexibility index (Phi) is 2.95. The topological polar surface area (TPSA) is 3.24 Å². The van der Waals surface area contributed by atoms with E-state index in [0.717, 1.165) is 11.3 Å². The summed E-state index contributed by atoms with van der Waals surface area (Å²) in [5.74, 6) is 0. The molecule has 2 heteroatoms. The number of nitrogens with zero attached hydrogens (tertiary/aromatic N) is 1. The molecule has 0 aromatic heterocycles. The summed E-state index contributed by atoms with van der Waals surface area (Å²) >= 11 is 2.08. The quantitative estimate of drug-likeness (QED) is 0.786. The fourth-order valence-corrected chi connectivity index (χ4v) is 3.94. The molecule has 3 rings (SSSR count). The van der Waals surface area contributed by atoms with Gasteiger partial charge >= 0.3 is 0 Å². The molecule has 1 atom stereocenters. The van der Waals surface area contributed by atoms with Crippen LogP contribution in [0.15, 0.2) is 29.2 Å². The predicted molar refractivity (Wildman–Crippen MR) is 70.1 cm³/mol. The van der Waals surface area contributed by atoms with Crippen LogP contribution in [-0.4, -0.2) is 29.3 Å². The van der Waals surface area contributed by atoms with E-state index in [1.807, 2.05) is 0 Å². The first-order valence-electron chi connectivity index (χ1n) is 6.35. The molecular formula is C14H19NS. The van der Waals surface area contributed by atoms with E-state index in [-0.39, 0.29) is 0 Å². The third-order valence-electron chi connectivity index (χ3n) is 3.62. The molecule has 1 aliphatic carbocycles. The van der Waals surface area contributed by atoms with Crippen LogP contribution in [0, 0.1) is 0 Å². The molecule has 0 saturated heterocycles. The maximum atomic E-state index is 2.67. The molecule has 2 aliphatic rings. The van der Waals surface area contributed by atoms with E-state index in [0.29, 0.717) is 0 Å². The zero-order chi connectivity index (χ0) is 11.0. The normalized spacial score (nSPS) is 23.8. The first kappa shape index (κ1) is 10.7. The van der Waals surface area contributed by atoms with Crippen molar-refractivity contribution in [3.05, 3.63) is 29.8 Å². The molecule has 1 heterocycles. The zero-order valence-electron chi connectivity index (χ0n) is 9.86. The molecule has 1 fully saturated rings. The number of fused-ring (bicyclic) bond motifs is 1. The second-order valence-electron chi connectivity index (χ2n) is 4.87. The zero-order valence-corrected chi connectivity index (χ0v) is 10.7. The van der Waals surface area contributed by atoms with Crippen LogP contribution in [0.25, 0.3) is 0 Å². The highest BCUT2D eigenvalue weighted by Crippen LogP contribution is 2.38. The summed E-state index contributed by atoms with van der Waals surface area (Å²) in [5, 5.41) is 0.790. The number of hydrogen-bond acceptors (Lipinski definition) is 2. The highest BCUT2D eigenvalue weighted by molar-refractivity contribution is 8.00. The van der Waals surface area contributed by atoms with E-state index in [2.05, 4.69) is 47.9 Å². The lowest BCUT2D eigenvalue weighted by atomic mass is 10.1. The van der Waals surface area contributed by atoms with Crippen molar-refractivity contribution in [1.82, 2.24) is 4.90 Å². The predicted octanol–water partition coefficient (Wildman–Crippen LogP) is 3.19. The largest absolute Gasteiger partial charge is 0.300 e. The van der Waals surface area contributed by atoms with Gasteiger partial charge in [0.1, 0.15) is 0 Å². The minimum Gasteiger partial charge on any atom is -0.300 e. The highest BCUT2D eigenvalue weighted by Gasteiger charge is 2.31. The van der Waals surface area contributed by atoms with E-state index in [9.17, 15) is 0 Å². The van der Waals surface area contributed by atoms with Crippen molar-refractivity contribution in [2.45, 2.75) is 42.4 Å². The van der Waals surface area contributed by atoms with Crippen molar-refractivity contribution in [3.63, 3.8) is 0 Å². The maximum Gasteiger partial charge on any atom is 0.0263 e. The number of rotatable bonds is 4. The van der Waals surface area contributed by atoms with Gasteiger partial charge in [0.25, 0.3) is 0 Å². The second kappa shape index (κ2) is 4.42. The standard InChI is InChI=1S/C14H19NS/c1-2-15(12-7-8-12)10-13-9-11-5-3-4-6-14(11)16-13/h3-6,12-13H,2,7-10H2,1H3. The van der Waals surface area contributed by atoms with Gasteiger partial charge in [-0.15, -0.1) is 11.8 Å². The summed E-state index contributed by atoms with van der Waals surface area (Å²) in [5.41, 5.74) is 1.56. The van der Waals surface area contributed by atoms with Gasteiger partial charge in [-0.1, -0.05) is 25.1 Å². The minimum absolute atomic E-state index is 0.790. The van der Waals surface area contributed by atoms with Crippen LogP contribution in [0.5, 0.6) is 0 Å². The third kappa shape index (κ3) is 2.14. The molecule has 1 aromatic carbocycles. The molecule has 1 saturated carbocycles. The number of hydrogen-bond donors (Lipinski definition) is 0. The Morgan fingerprint density at radius 1 is 1.31 bits per heavy atom. The average molecular weight is 233 g/mol. The fourth-order valence-electron chi connectivity index (χ4n) is 2.59. The SMILES string of the molecule is CCN(CC1Cc2ccccc2S1)C1CC1. The molecule has 1 unspecified atom stereocenters. The highest BCUT2D eigenvalue weighted by atomic mass is 32.2. The van der Waals surface area contributed by atoms with Crippen molar-refractivity contribution in [3.8, 4) is 0 Å². The van der Waals surface area contributed by atoms with Gasteiger partial charge in [-0.3, -0.25) is 4.90 Å². The number of benzene rings is 1. The first-order valence-corrected chi connectivity index (χ1v) is 7.23. The Labute approximate surface area is 102 Å². The van der Waals surface area contributed by atoms with Crippen LogP contribution >= 0.6 is 11.8 Å². The molecule has 86 valence electrons. The molecule has 1 aromatic rings.